The van der Waals surface area contributed by atoms with Crippen LogP contribution in [-0.4, -0.2) is 143 Å². The zero-order valence-corrected chi connectivity index (χ0v) is 36.0. The van der Waals surface area contributed by atoms with Gasteiger partial charge < -0.3 is 45.4 Å². The Morgan fingerprint density at radius 3 is 2.24 bits per heavy atom. The van der Waals surface area contributed by atoms with Gasteiger partial charge in [0.2, 0.25) is 29.5 Å². The number of fused-ring (bicyclic) bond motifs is 2. The van der Waals surface area contributed by atoms with Crippen LogP contribution in [0.3, 0.4) is 0 Å². The standard InChI is InChI=1S/C45H54N8O10/c1-6-31-42(59)52-22-11-14-32(52)43(60)51(5)34(24-27-16-18-29(19-17-27)50(3)4)44(61)53-23-20-30(54)25-33(53)39(56)49-37(28-12-8-7-9-13-28)45(62)63-26(2)36(40(57)47-31)48-41(58)38-35(55)15-10-21-46-38/h7-10,12-13,15-19,21,26,31-34,36-37,55H,6,11,14,20,22-25H2,1-5H3,(H,47,57)(H,48,58)(H,49,56)/t26?,31-,32-,33-,34-,36-,37+/m0/s1. The van der Waals surface area contributed by atoms with Gasteiger partial charge in [0.05, 0.1) is 0 Å². The smallest absolute Gasteiger partial charge is 0.333 e. The SMILES string of the molecule is CC[C@@H]1NC(=O)[C@@H](NC(=O)c2ncccc2O)C(C)OC(=O)[C@@H](c2ccccc2)NC(=O)[C@@H]2CC(=O)CCN2C(=O)[C@H](Cc2ccc(N(C)C)cc2)N(C)C(=O)[C@@H]2CCCN2C1=O. The minimum absolute atomic E-state index is 0.0299. The summed E-state index contributed by atoms with van der Waals surface area (Å²) in [6, 6.07) is 10.1. The Balaban J connectivity index is 1.44. The Bertz CT molecular complexity index is 2220. The van der Waals surface area contributed by atoms with E-state index in [1.54, 1.807) is 37.3 Å². The topological polar surface area (TPSA) is 228 Å². The van der Waals surface area contributed by atoms with Gasteiger partial charge in [0.25, 0.3) is 5.91 Å². The van der Waals surface area contributed by atoms with Crippen molar-refractivity contribution < 1.29 is 48.2 Å². The van der Waals surface area contributed by atoms with Crippen LogP contribution >= 0.6 is 0 Å². The lowest BCUT2D eigenvalue weighted by Gasteiger charge is -2.40. The van der Waals surface area contributed by atoms with E-state index in [9.17, 15) is 43.5 Å². The minimum Gasteiger partial charge on any atom is -0.505 e. The Kier molecular flexibility index (Phi) is 14.4. The number of hydrogen-bond donors (Lipinski definition) is 4. The first-order valence-electron chi connectivity index (χ1n) is 21.1. The molecule has 3 fully saturated rings. The highest BCUT2D eigenvalue weighted by atomic mass is 16.5. The van der Waals surface area contributed by atoms with E-state index < -0.39 is 95.2 Å². The van der Waals surface area contributed by atoms with Gasteiger partial charge in [-0.25, -0.2) is 9.78 Å². The van der Waals surface area contributed by atoms with Gasteiger partial charge in [0.15, 0.2) is 11.7 Å². The number of piperidine rings is 1. The van der Waals surface area contributed by atoms with Crippen LogP contribution in [0.1, 0.15) is 73.6 Å². The number of benzene rings is 2. The number of anilines is 1. The largest absolute Gasteiger partial charge is 0.505 e. The lowest BCUT2D eigenvalue weighted by Crippen LogP contribution is -2.61. The van der Waals surface area contributed by atoms with Crippen molar-refractivity contribution in [3.8, 4) is 5.75 Å². The first-order valence-corrected chi connectivity index (χ1v) is 21.1. The van der Waals surface area contributed by atoms with Gasteiger partial charge in [-0.05, 0) is 61.6 Å². The normalized spacial score (nSPS) is 25.4. The second-order valence-electron chi connectivity index (χ2n) is 16.2. The van der Waals surface area contributed by atoms with Crippen molar-refractivity contribution >= 4 is 52.9 Å². The van der Waals surface area contributed by atoms with Crippen molar-refractivity contribution in [2.24, 2.45) is 0 Å². The number of likely N-dealkylation sites (N-methyl/N-ethyl adjacent to an activating group) is 1. The van der Waals surface area contributed by atoms with Crippen LogP contribution in [-0.2, 0) is 44.7 Å². The third kappa shape index (κ3) is 10.3. The lowest BCUT2D eigenvalue weighted by atomic mass is 9.95. The maximum absolute atomic E-state index is 15.0. The van der Waals surface area contributed by atoms with Crippen LogP contribution in [0.5, 0.6) is 5.75 Å². The van der Waals surface area contributed by atoms with E-state index in [0.717, 1.165) is 5.69 Å². The number of carbonyl (C=O) groups is 8. The van der Waals surface area contributed by atoms with E-state index in [2.05, 4.69) is 20.9 Å². The van der Waals surface area contributed by atoms with E-state index in [-0.39, 0.29) is 56.5 Å². The molecular weight excluding hydrogens is 813 g/mol. The predicted molar refractivity (Wildman–Crippen MR) is 228 cm³/mol. The molecule has 7 atom stereocenters. The third-order valence-electron chi connectivity index (χ3n) is 11.8. The zero-order valence-electron chi connectivity index (χ0n) is 36.0. The fourth-order valence-electron chi connectivity index (χ4n) is 8.20. The maximum atomic E-state index is 15.0. The highest BCUT2D eigenvalue weighted by Gasteiger charge is 2.45. The summed E-state index contributed by atoms with van der Waals surface area (Å²) >= 11 is 0. The summed E-state index contributed by atoms with van der Waals surface area (Å²) in [7, 11) is 5.25. The molecule has 4 heterocycles. The number of aromatic hydroxyl groups is 1. The molecule has 6 rings (SSSR count). The number of ketones is 1. The van der Waals surface area contributed by atoms with Crippen LogP contribution in [0.25, 0.3) is 0 Å². The number of Topliss-reactive ketones (excluding diaryl/α,β-unsaturated/α-hetero) is 1. The fourth-order valence-corrected chi connectivity index (χ4v) is 8.20. The van der Waals surface area contributed by atoms with Gasteiger partial charge in [0.1, 0.15) is 47.8 Å². The number of rotatable bonds is 7. The number of nitrogens with zero attached hydrogens (tertiary/aromatic N) is 5. The van der Waals surface area contributed by atoms with Crippen molar-refractivity contribution in [1.82, 2.24) is 35.6 Å². The van der Waals surface area contributed by atoms with Crippen LogP contribution in [0.4, 0.5) is 5.69 Å². The first kappa shape index (κ1) is 45.7. The molecule has 18 heteroatoms. The molecular formula is C45H54N8O10. The highest BCUT2D eigenvalue weighted by Crippen LogP contribution is 2.27. The average molecular weight is 867 g/mol. The lowest BCUT2D eigenvalue weighted by molar-refractivity contribution is -0.156. The van der Waals surface area contributed by atoms with Gasteiger partial charge in [0, 0.05) is 65.4 Å². The first-order chi connectivity index (χ1) is 30.1. The van der Waals surface area contributed by atoms with Gasteiger partial charge in [-0.3, -0.25) is 33.6 Å². The molecule has 3 aliphatic rings. The van der Waals surface area contributed by atoms with Gasteiger partial charge in [-0.1, -0.05) is 49.4 Å². The van der Waals surface area contributed by atoms with E-state index in [0.29, 0.717) is 12.0 Å². The van der Waals surface area contributed by atoms with Gasteiger partial charge in [-0.15, -0.1) is 0 Å². The van der Waals surface area contributed by atoms with E-state index in [1.165, 1.54) is 47.0 Å². The Morgan fingerprint density at radius 2 is 1.57 bits per heavy atom. The molecule has 3 aromatic rings. The van der Waals surface area contributed by atoms with Crippen LogP contribution in [0.2, 0.25) is 0 Å². The average Bonchev–Trinajstić information content (AvgIpc) is 3.77. The van der Waals surface area contributed by atoms with Crippen LogP contribution in [0, 0.1) is 0 Å². The third-order valence-corrected chi connectivity index (χ3v) is 11.8. The molecule has 63 heavy (non-hydrogen) atoms. The minimum atomic E-state index is -1.68. The summed E-state index contributed by atoms with van der Waals surface area (Å²) in [4.78, 5) is 123. The summed E-state index contributed by atoms with van der Waals surface area (Å²) in [6.07, 6.45) is 0.175. The molecule has 334 valence electrons. The maximum Gasteiger partial charge on any atom is 0.333 e. The molecule has 0 aliphatic carbocycles. The number of hydrogen-bond acceptors (Lipinski definition) is 12. The Morgan fingerprint density at radius 1 is 0.873 bits per heavy atom. The van der Waals surface area contributed by atoms with E-state index in [4.69, 9.17) is 4.74 Å². The summed E-state index contributed by atoms with van der Waals surface area (Å²) in [5.41, 5.74) is 1.45. The summed E-state index contributed by atoms with van der Waals surface area (Å²) in [5.74, 6) is -6.33. The van der Waals surface area contributed by atoms with E-state index in [1.807, 2.05) is 43.3 Å². The molecule has 3 aliphatic heterocycles. The van der Waals surface area contributed by atoms with Crippen molar-refractivity contribution in [3.63, 3.8) is 0 Å². The zero-order chi connectivity index (χ0) is 45.5. The number of pyridine rings is 1. The molecule has 2 aromatic carbocycles. The number of amides is 6. The number of cyclic esters (lactones) is 1. The molecule has 18 nitrogen and oxygen atoms in total. The number of nitrogens with one attached hydrogen (secondary N) is 3. The number of esters is 1. The second kappa shape index (κ2) is 19.9. The molecule has 0 spiro atoms. The number of carbonyl (C=O) groups excluding carboxylic acids is 8. The molecule has 0 saturated carbocycles. The molecule has 6 amide bonds. The number of ether oxygens (including phenoxy) is 1. The predicted octanol–water partition coefficient (Wildman–Crippen LogP) is 1.27. The van der Waals surface area contributed by atoms with Crippen molar-refractivity contribution in [1.29, 1.82) is 0 Å². The quantitative estimate of drug-likeness (QED) is 0.247. The summed E-state index contributed by atoms with van der Waals surface area (Å²) < 4.78 is 5.85. The van der Waals surface area contributed by atoms with Crippen LogP contribution < -0.4 is 20.9 Å². The summed E-state index contributed by atoms with van der Waals surface area (Å²) in [5, 5.41) is 18.2. The molecule has 3 saturated heterocycles. The summed E-state index contributed by atoms with van der Waals surface area (Å²) in [6.45, 7) is 3.02. The molecule has 1 unspecified atom stereocenters. The van der Waals surface area contributed by atoms with Crippen molar-refractivity contribution in [3.05, 3.63) is 89.7 Å². The Hall–Kier alpha value is -6.85. The molecule has 0 radical (unpaired) electrons. The van der Waals surface area contributed by atoms with Crippen molar-refractivity contribution in [2.75, 3.05) is 39.1 Å². The van der Waals surface area contributed by atoms with E-state index >= 15 is 0 Å². The molecule has 0 bridgehead atoms. The van der Waals surface area contributed by atoms with Gasteiger partial charge >= 0.3 is 5.97 Å². The number of aromatic nitrogens is 1. The molecule has 1 aromatic heterocycles. The second-order valence-corrected chi connectivity index (χ2v) is 16.2. The fraction of sp³-hybridized carbons (Fsp3) is 0.444. The molecule has 4 N–H and O–H groups in total. The Labute approximate surface area is 365 Å². The van der Waals surface area contributed by atoms with Crippen molar-refractivity contribution in [2.45, 2.75) is 94.7 Å². The van der Waals surface area contributed by atoms with Crippen LogP contribution in [0.15, 0.2) is 72.9 Å². The monoisotopic (exact) mass is 866 g/mol. The highest BCUT2D eigenvalue weighted by molar-refractivity contribution is 6.01. The van der Waals surface area contributed by atoms with Gasteiger partial charge in [-0.2, -0.15) is 0 Å².